The molecule has 0 saturated carbocycles. The van der Waals surface area contributed by atoms with Gasteiger partial charge in [-0.05, 0) is 49.1 Å². The number of rotatable bonds is 8. The summed E-state index contributed by atoms with van der Waals surface area (Å²) in [5.41, 5.74) is 3.82. The summed E-state index contributed by atoms with van der Waals surface area (Å²) in [4.78, 5) is 28.7. The maximum Gasteiger partial charge on any atom is 0.233 e. The lowest BCUT2D eigenvalue weighted by molar-refractivity contribution is -0.127. The van der Waals surface area contributed by atoms with Crippen LogP contribution in [0.5, 0.6) is 0 Å². The molecule has 1 aromatic carbocycles. The monoisotopic (exact) mass is 353 g/mol. The van der Waals surface area contributed by atoms with Crippen LogP contribution in [-0.4, -0.2) is 16.8 Å². The molecule has 2 aromatic rings. The second kappa shape index (κ2) is 9.70. The van der Waals surface area contributed by atoms with Gasteiger partial charge in [0.25, 0.3) is 0 Å². The van der Waals surface area contributed by atoms with Crippen LogP contribution in [0.2, 0.25) is 0 Å². The van der Waals surface area contributed by atoms with Crippen molar-refractivity contribution in [3.8, 4) is 0 Å². The highest BCUT2D eigenvalue weighted by atomic mass is 16.2. The van der Waals surface area contributed by atoms with Crippen LogP contribution in [0.25, 0.3) is 0 Å². The van der Waals surface area contributed by atoms with Crippen LogP contribution in [0.3, 0.4) is 0 Å². The van der Waals surface area contributed by atoms with Crippen LogP contribution in [0, 0.1) is 13.8 Å². The van der Waals surface area contributed by atoms with E-state index in [0.717, 1.165) is 41.6 Å². The summed E-state index contributed by atoms with van der Waals surface area (Å²) < 4.78 is 0. The van der Waals surface area contributed by atoms with Gasteiger partial charge in [-0.1, -0.05) is 38.0 Å². The molecule has 0 fully saturated rings. The maximum atomic E-state index is 12.4. The molecule has 2 N–H and O–H groups in total. The zero-order valence-corrected chi connectivity index (χ0v) is 15.7. The van der Waals surface area contributed by atoms with Crippen molar-refractivity contribution in [1.82, 2.24) is 10.3 Å². The zero-order valence-electron chi connectivity index (χ0n) is 15.7. The molecule has 0 saturated heterocycles. The second-order valence-corrected chi connectivity index (χ2v) is 6.52. The number of carbonyl (C=O) groups excluding carboxylic acids is 2. The van der Waals surface area contributed by atoms with Gasteiger partial charge in [0.1, 0.15) is 6.42 Å². The molecule has 0 aliphatic heterocycles. The topological polar surface area (TPSA) is 71.1 Å². The summed E-state index contributed by atoms with van der Waals surface area (Å²) in [6.07, 6.45) is 6.13. The number of benzene rings is 1. The molecule has 0 spiro atoms. The first kappa shape index (κ1) is 19.6. The fourth-order valence-corrected chi connectivity index (χ4v) is 2.78. The number of pyridine rings is 1. The van der Waals surface area contributed by atoms with E-state index in [4.69, 9.17) is 0 Å². The molecule has 0 aliphatic rings. The van der Waals surface area contributed by atoms with E-state index in [1.165, 1.54) is 0 Å². The predicted octanol–water partition coefficient (Wildman–Crippen LogP) is 4.07. The third kappa shape index (κ3) is 5.69. The minimum Gasteiger partial charge on any atom is -0.349 e. The molecule has 0 unspecified atom stereocenters. The Hall–Kier alpha value is -2.69. The van der Waals surface area contributed by atoms with E-state index in [2.05, 4.69) is 22.5 Å². The van der Waals surface area contributed by atoms with E-state index in [-0.39, 0.29) is 24.3 Å². The minimum absolute atomic E-state index is 0.121. The van der Waals surface area contributed by atoms with E-state index in [1.807, 2.05) is 44.2 Å². The number of amides is 2. The molecule has 26 heavy (non-hydrogen) atoms. The van der Waals surface area contributed by atoms with Crippen molar-refractivity contribution < 1.29 is 9.59 Å². The molecule has 0 bridgehead atoms. The van der Waals surface area contributed by atoms with Crippen molar-refractivity contribution in [2.24, 2.45) is 0 Å². The lowest BCUT2D eigenvalue weighted by Gasteiger charge is -2.19. The summed E-state index contributed by atoms with van der Waals surface area (Å²) >= 11 is 0. The summed E-state index contributed by atoms with van der Waals surface area (Å²) in [5.74, 6) is -0.589. The van der Waals surface area contributed by atoms with Crippen molar-refractivity contribution in [2.45, 2.75) is 52.5 Å². The van der Waals surface area contributed by atoms with Gasteiger partial charge >= 0.3 is 0 Å². The van der Waals surface area contributed by atoms with Crippen molar-refractivity contribution >= 4 is 17.5 Å². The molecule has 2 amide bonds. The Morgan fingerprint density at radius 1 is 1.12 bits per heavy atom. The number of unbranched alkanes of at least 4 members (excludes halogenated alkanes) is 1. The normalized spacial score (nSPS) is 11.7. The molecule has 1 atom stereocenters. The first-order valence-electron chi connectivity index (χ1n) is 9.06. The average molecular weight is 353 g/mol. The Morgan fingerprint density at radius 2 is 1.92 bits per heavy atom. The van der Waals surface area contributed by atoms with E-state index in [9.17, 15) is 9.59 Å². The zero-order chi connectivity index (χ0) is 18.9. The third-order valence-electron chi connectivity index (χ3n) is 4.47. The van der Waals surface area contributed by atoms with Crippen LogP contribution in [0.4, 0.5) is 5.69 Å². The Bertz CT molecular complexity index is 744. The van der Waals surface area contributed by atoms with Gasteiger partial charge in [0, 0.05) is 18.1 Å². The largest absolute Gasteiger partial charge is 0.349 e. The Balaban J connectivity index is 1.96. The highest BCUT2D eigenvalue weighted by Gasteiger charge is 2.17. The fraction of sp³-hybridized carbons (Fsp3) is 0.381. The summed E-state index contributed by atoms with van der Waals surface area (Å²) in [7, 11) is 0. The van der Waals surface area contributed by atoms with Gasteiger partial charge in [-0.2, -0.15) is 0 Å². The fourth-order valence-electron chi connectivity index (χ4n) is 2.78. The van der Waals surface area contributed by atoms with Crippen LogP contribution in [0.15, 0.2) is 42.7 Å². The van der Waals surface area contributed by atoms with E-state index in [1.54, 1.807) is 12.4 Å². The summed E-state index contributed by atoms with van der Waals surface area (Å²) in [6, 6.07) is 9.41. The maximum absolute atomic E-state index is 12.4. The van der Waals surface area contributed by atoms with Gasteiger partial charge in [-0.3, -0.25) is 14.6 Å². The van der Waals surface area contributed by atoms with Gasteiger partial charge < -0.3 is 10.6 Å². The number of nitrogens with zero attached hydrogens (tertiary/aromatic N) is 1. The van der Waals surface area contributed by atoms with Crippen molar-refractivity contribution in [3.05, 3.63) is 59.4 Å². The highest BCUT2D eigenvalue weighted by Crippen LogP contribution is 2.20. The summed E-state index contributed by atoms with van der Waals surface area (Å²) in [6.45, 7) is 6.05. The van der Waals surface area contributed by atoms with Crippen LogP contribution < -0.4 is 10.6 Å². The van der Waals surface area contributed by atoms with Crippen LogP contribution >= 0.6 is 0 Å². The quantitative estimate of drug-likeness (QED) is 0.703. The highest BCUT2D eigenvalue weighted by molar-refractivity contribution is 6.04. The molecule has 5 nitrogen and oxygen atoms in total. The van der Waals surface area contributed by atoms with Gasteiger partial charge in [0.15, 0.2) is 0 Å². The Labute approximate surface area is 155 Å². The predicted molar refractivity (Wildman–Crippen MR) is 104 cm³/mol. The smallest absolute Gasteiger partial charge is 0.233 e. The molecule has 0 aliphatic carbocycles. The van der Waals surface area contributed by atoms with E-state index in [0.29, 0.717) is 0 Å². The molecule has 0 radical (unpaired) electrons. The molecule has 1 heterocycles. The molecule has 5 heteroatoms. The van der Waals surface area contributed by atoms with E-state index < -0.39 is 0 Å². The number of aryl methyl sites for hydroxylation is 1. The third-order valence-corrected chi connectivity index (χ3v) is 4.47. The average Bonchev–Trinajstić information content (AvgIpc) is 2.63. The molecular weight excluding hydrogens is 326 g/mol. The number of aromatic nitrogens is 1. The number of anilines is 1. The van der Waals surface area contributed by atoms with Gasteiger partial charge in [0.05, 0.1) is 6.04 Å². The van der Waals surface area contributed by atoms with Crippen molar-refractivity contribution in [1.29, 1.82) is 0 Å². The lowest BCUT2D eigenvalue weighted by atomic mass is 10.0. The lowest BCUT2D eigenvalue weighted by Crippen LogP contribution is -2.31. The second-order valence-electron chi connectivity index (χ2n) is 6.52. The van der Waals surface area contributed by atoms with Crippen LogP contribution in [0.1, 0.15) is 55.3 Å². The molecular formula is C21H27N3O2. The van der Waals surface area contributed by atoms with Crippen molar-refractivity contribution in [2.75, 3.05) is 5.32 Å². The number of hydrogen-bond acceptors (Lipinski definition) is 3. The first-order chi connectivity index (χ1) is 12.5. The Kier molecular flexibility index (Phi) is 7.33. The summed E-state index contributed by atoms with van der Waals surface area (Å²) in [5, 5.41) is 5.80. The van der Waals surface area contributed by atoms with Gasteiger partial charge in [0.2, 0.25) is 11.8 Å². The standard InChI is InChI=1S/C21H27N3O2/c1-4-5-10-19(17-9-7-12-22-14-17)24-21(26)13-20(25)23-18-11-6-8-15(2)16(18)3/h6-9,11-12,14,19H,4-5,10,13H2,1-3H3,(H,23,25)(H,24,26)/t19-/m1/s1. The number of carbonyl (C=O) groups is 2. The minimum atomic E-state index is -0.309. The SMILES string of the molecule is CCCC[C@@H](NC(=O)CC(=O)Nc1cccc(C)c1C)c1cccnc1. The molecule has 138 valence electrons. The number of nitrogens with one attached hydrogen (secondary N) is 2. The number of hydrogen-bond donors (Lipinski definition) is 2. The van der Waals surface area contributed by atoms with Crippen LogP contribution in [-0.2, 0) is 9.59 Å². The molecule has 2 rings (SSSR count). The van der Waals surface area contributed by atoms with Crippen molar-refractivity contribution in [3.63, 3.8) is 0 Å². The molecule has 1 aromatic heterocycles. The van der Waals surface area contributed by atoms with E-state index >= 15 is 0 Å². The Morgan fingerprint density at radius 3 is 2.62 bits per heavy atom. The van der Waals surface area contributed by atoms with Gasteiger partial charge in [-0.25, -0.2) is 0 Å². The van der Waals surface area contributed by atoms with Gasteiger partial charge in [-0.15, -0.1) is 0 Å². The first-order valence-corrected chi connectivity index (χ1v) is 9.06.